The van der Waals surface area contributed by atoms with Gasteiger partial charge in [0.25, 0.3) is 0 Å². The molecule has 3 N–H and O–H groups in total. The molecular formula is C15H21NO2. The molecule has 1 aliphatic rings. The van der Waals surface area contributed by atoms with Crippen LogP contribution in [0.25, 0.3) is 5.70 Å². The van der Waals surface area contributed by atoms with E-state index in [0.29, 0.717) is 5.70 Å². The number of phenols is 1. The minimum atomic E-state index is -0.103. The van der Waals surface area contributed by atoms with Crippen molar-refractivity contribution < 1.29 is 9.84 Å². The fourth-order valence-electron chi connectivity index (χ4n) is 2.54. The second-order valence-electron chi connectivity index (χ2n) is 4.99. The van der Waals surface area contributed by atoms with Crippen molar-refractivity contribution in [2.45, 2.75) is 45.1 Å². The first-order chi connectivity index (χ1) is 8.51. The molecular weight excluding hydrogens is 226 g/mol. The minimum absolute atomic E-state index is 0.103. The number of rotatable bonds is 3. The van der Waals surface area contributed by atoms with Gasteiger partial charge in [0, 0.05) is 16.8 Å². The van der Waals surface area contributed by atoms with E-state index in [4.69, 9.17) is 10.5 Å². The number of benzene rings is 1. The third-order valence-corrected chi connectivity index (χ3v) is 4.00. The Morgan fingerprint density at radius 2 is 2.11 bits per heavy atom. The maximum atomic E-state index is 10.0. The van der Waals surface area contributed by atoms with Gasteiger partial charge in [-0.25, -0.2) is 0 Å². The van der Waals surface area contributed by atoms with E-state index in [1.54, 1.807) is 6.07 Å². The summed E-state index contributed by atoms with van der Waals surface area (Å²) in [5.74, 6) is 1.02. The van der Waals surface area contributed by atoms with Gasteiger partial charge < -0.3 is 15.6 Å². The summed E-state index contributed by atoms with van der Waals surface area (Å²) in [5, 5.41) is 10.0. The topological polar surface area (TPSA) is 55.5 Å². The van der Waals surface area contributed by atoms with Crippen LogP contribution >= 0.6 is 0 Å². The summed E-state index contributed by atoms with van der Waals surface area (Å²) < 4.78 is 6.13. The minimum Gasteiger partial charge on any atom is -0.508 e. The van der Waals surface area contributed by atoms with Crippen LogP contribution in [0, 0.1) is 0 Å². The Morgan fingerprint density at radius 1 is 1.44 bits per heavy atom. The predicted octanol–water partition coefficient (Wildman–Crippen LogP) is 3.21. The quantitative estimate of drug-likeness (QED) is 0.862. The van der Waals surface area contributed by atoms with E-state index < -0.39 is 0 Å². The Balaban J connectivity index is 2.45. The van der Waals surface area contributed by atoms with E-state index in [2.05, 4.69) is 20.4 Å². The molecule has 98 valence electrons. The van der Waals surface area contributed by atoms with Gasteiger partial charge in [-0.2, -0.15) is 0 Å². The summed E-state index contributed by atoms with van der Waals surface area (Å²) in [6.07, 6.45) is 3.73. The molecule has 0 fully saturated rings. The van der Waals surface area contributed by atoms with Gasteiger partial charge in [-0.05, 0) is 37.8 Å². The highest BCUT2D eigenvalue weighted by Gasteiger charge is 2.34. The largest absolute Gasteiger partial charge is 0.508 e. The average Bonchev–Trinajstić information content (AvgIpc) is 2.37. The number of hydrogen-bond acceptors (Lipinski definition) is 3. The molecule has 0 bridgehead atoms. The second kappa shape index (κ2) is 4.56. The highest BCUT2D eigenvalue weighted by molar-refractivity contribution is 5.65. The third kappa shape index (κ3) is 2.05. The average molecular weight is 247 g/mol. The van der Waals surface area contributed by atoms with Crippen LogP contribution in [0.3, 0.4) is 0 Å². The summed E-state index contributed by atoms with van der Waals surface area (Å²) in [6.45, 7) is 7.98. The lowest BCUT2D eigenvalue weighted by atomic mass is 9.86. The van der Waals surface area contributed by atoms with Crippen LogP contribution < -0.4 is 10.5 Å². The molecule has 0 spiro atoms. The summed E-state index contributed by atoms with van der Waals surface area (Å²) in [6, 6.07) is 3.55. The summed E-state index contributed by atoms with van der Waals surface area (Å²) in [5.41, 5.74) is 7.65. The van der Waals surface area contributed by atoms with Crippen LogP contribution in [0.4, 0.5) is 0 Å². The Kier molecular flexibility index (Phi) is 3.24. The number of ether oxygens (including phenoxy) is 1. The maximum Gasteiger partial charge on any atom is 0.127 e. The molecule has 0 unspecified atom stereocenters. The first-order valence-corrected chi connectivity index (χ1v) is 6.51. The number of fused-ring (bicyclic) bond motifs is 1. The van der Waals surface area contributed by atoms with Gasteiger partial charge in [0.15, 0.2) is 0 Å². The zero-order valence-corrected chi connectivity index (χ0v) is 11.1. The van der Waals surface area contributed by atoms with Crippen LogP contribution in [-0.4, -0.2) is 10.7 Å². The smallest absolute Gasteiger partial charge is 0.127 e. The molecule has 0 radical (unpaired) electrons. The van der Waals surface area contributed by atoms with Gasteiger partial charge in [-0.15, -0.1) is 0 Å². The van der Waals surface area contributed by atoms with Gasteiger partial charge in [-0.1, -0.05) is 20.4 Å². The van der Waals surface area contributed by atoms with E-state index in [0.717, 1.165) is 42.6 Å². The van der Waals surface area contributed by atoms with Crippen LogP contribution in [0.15, 0.2) is 18.7 Å². The van der Waals surface area contributed by atoms with E-state index in [9.17, 15) is 5.11 Å². The number of phenolic OH excluding ortho intramolecular Hbond substituents is 1. The Bertz CT molecular complexity index is 476. The SMILES string of the molecule is C=C(N)c1cc(O)c2c(c1)OC(CC)(CC)CC2. The molecule has 0 aliphatic carbocycles. The van der Waals surface area contributed by atoms with E-state index in [-0.39, 0.29) is 11.4 Å². The molecule has 18 heavy (non-hydrogen) atoms. The molecule has 2 rings (SSSR count). The van der Waals surface area contributed by atoms with E-state index >= 15 is 0 Å². The summed E-state index contributed by atoms with van der Waals surface area (Å²) in [7, 11) is 0. The molecule has 0 aromatic heterocycles. The van der Waals surface area contributed by atoms with Crippen molar-refractivity contribution in [3.63, 3.8) is 0 Å². The number of nitrogens with two attached hydrogens (primary N) is 1. The Hall–Kier alpha value is -1.64. The van der Waals surface area contributed by atoms with E-state index in [1.165, 1.54) is 0 Å². The first kappa shape index (κ1) is 12.8. The van der Waals surface area contributed by atoms with Crippen LogP contribution in [0.1, 0.15) is 44.2 Å². The zero-order chi connectivity index (χ0) is 13.3. The van der Waals surface area contributed by atoms with Crippen molar-refractivity contribution in [3.8, 4) is 11.5 Å². The van der Waals surface area contributed by atoms with Crippen molar-refractivity contribution >= 4 is 5.70 Å². The predicted molar refractivity (Wildman–Crippen MR) is 73.6 cm³/mol. The lowest BCUT2D eigenvalue weighted by Gasteiger charge is -2.38. The fraction of sp³-hybridized carbons (Fsp3) is 0.467. The molecule has 0 saturated carbocycles. The standard InChI is InChI=1S/C15H21NO2/c1-4-15(5-2)7-6-12-13(17)8-11(10(3)16)9-14(12)18-15/h8-9,17H,3-7,16H2,1-2H3. The van der Waals surface area contributed by atoms with Crippen LogP contribution in [0.2, 0.25) is 0 Å². The highest BCUT2D eigenvalue weighted by atomic mass is 16.5. The third-order valence-electron chi connectivity index (χ3n) is 4.00. The van der Waals surface area contributed by atoms with E-state index in [1.807, 2.05) is 6.07 Å². The van der Waals surface area contributed by atoms with Crippen molar-refractivity contribution in [1.82, 2.24) is 0 Å². The Labute approximate surface area is 108 Å². The van der Waals surface area contributed by atoms with Crippen LogP contribution in [-0.2, 0) is 6.42 Å². The van der Waals surface area contributed by atoms with Crippen molar-refractivity contribution in [1.29, 1.82) is 0 Å². The summed E-state index contributed by atoms with van der Waals surface area (Å²) >= 11 is 0. The van der Waals surface area contributed by atoms with Crippen molar-refractivity contribution in [3.05, 3.63) is 29.8 Å². The number of hydrogen-bond donors (Lipinski definition) is 2. The molecule has 0 atom stereocenters. The van der Waals surface area contributed by atoms with Crippen LogP contribution in [0.5, 0.6) is 11.5 Å². The van der Waals surface area contributed by atoms with Crippen molar-refractivity contribution in [2.24, 2.45) is 5.73 Å². The molecule has 3 heteroatoms. The summed E-state index contributed by atoms with van der Waals surface area (Å²) in [4.78, 5) is 0. The number of aromatic hydroxyl groups is 1. The fourth-order valence-corrected chi connectivity index (χ4v) is 2.54. The molecule has 0 saturated heterocycles. The van der Waals surface area contributed by atoms with Crippen molar-refractivity contribution in [2.75, 3.05) is 0 Å². The lowest BCUT2D eigenvalue weighted by molar-refractivity contribution is 0.0376. The second-order valence-corrected chi connectivity index (χ2v) is 4.99. The molecule has 0 amide bonds. The van der Waals surface area contributed by atoms with Gasteiger partial charge in [0.2, 0.25) is 0 Å². The highest BCUT2D eigenvalue weighted by Crippen LogP contribution is 2.42. The lowest BCUT2D eigenvalue weighted by Crippen LogP contribution is -2.38. The van der Waals surface area contributed by atoms with Gasteiger partial charge >= 0.3 is 0 Å². The molecule has 1 aromatic carbocycles. The molecule has 1 aliphatic heterocycles. The monoisotopic (exact) mass is 247 g/mol. The normalized spacial score (nSPS) is 16.8. The van der Waals surface area contributed by atoms with Gasteiger partial charge in [0.1, 0.15) is 17.1 Å². The Morgan fingerprint density at radius 3 is 2.67 bits per heavy atom. The molecule has 3 nitrogen and oxygen atoms in total. The van der Waals surface area contributed by atoms with Gasteiger partial charge in [0.05, 0.1) is 0 Å². The zero-order valence-electron chi connectivity index (χ0n) is 11.1. The maximum absolute atomic E-state index is 10.0. The first-order valence-electron chi connectivity index (χ1n) is 6.51. The van der Waals surface area contributed by atoms with Gasteiger partial charge in [-0.3, -0.25) is 0 Å². The molecule has 1 heterocycles. The molecule has 1 aromatic rings.